The van der Waals surface area contributed by atoms with Crippen molar-refractivity contribution in [3.63, 3.8) is 0 Å². The topological polar surface area (TPSA) is 109 Å². The van der Waals surface area contributed by atoms with Gasteiger partial charge < -0.3 is 20.9 Å². The molecule has 0 aliphatic carbocycles. The molecule has 1 amide bonds. The molecule has 0 radical (unpaired) electrons. The number of carbonyl (C=O) groups excluding carboxylic acids is 1. The number of nitrogen functional groups attached to an aromatic ring is 1. The summed E-state index contributed by atoms with van der Waals surface area (Å²) in [6.45, 7) is 13.6. The van der Waals surface area contributed by atoms with Crippen molar-refractivity contribution < 1.29 is 18.0 Å². The van der Waals surface area contributed by atoms with E-state index in [1.807, 2.05) is 34.6 Å². The molecule has 2 aliphatic rings. The smallest absolute Gasteiger partial charge is 0.355 e. The maximum Gasteiger partial charge on any atom is 0.355 e. The van der Waals surface area contributed by atoms with E-state index in [4.69, 9.17) is 28.9 Å². The van der Waals surface area contributed by atoms with Crippen LogP contribution < -0.4 is 21.6 Å². The lowest BCUT2D eigenvalue weighted by Gasteiger charge is -2.44. The molecule has 0 spiro atoms. The summed E-state index contributed by atoms with van der Waals surface area (Å²) in [5.41, 5.74) is 4.47. The van der Waals surface area contributed by atoms with Gasteiger partial charge in [-0.15, -0.1) is 0 Å². The highest BCUT2D eigenvalue weighted by atomic mass is 35.5. The molecule has 3 aromatic rings. The summed E-state index contributed by atoms with van der Waals surface area (Å²) in [6.07, 6.45) is 4.80. The Kier molecular flexibility index (Phi) is 8.67. The average molecular weight is 663 g/mol. The zero-order valence-electron chi connectivity index (χ0n) is 25.3. The van der Waals surface area contributed by atoms with Crippen molar-refractivity contribution in [3.8, 4) is 11.3 Å². The number of hydrogen-bond donors (Lipinski definition) is 2. The first-order valence-corrected chi connectivity index (χ1v) is 15.0. The van der Waals surface area contributed by atoms with Gasteiger partial charge in [-0.25, -0.2) is 27.5 Å². The molecule has 14 heteroatoms. The largest absolute Gasteiger partial charge is 0.395 e. The molecule has 45 heavy (non-hydrogen) atoms. The molecule has 0 bridgehead atoms. The van der Waals surface area contributed by atoms with Crippen molar-refractivity contribution >= 4 is 57.3 Å². The maximum absolute atomic E-state index is 16.1. The van der Waals surface area contributed by atoms with Crippen LogP contribution in [-0.2, 0) is 4.79 Å². The van der Waals surface area contributed by atoms with E-state index < -0.39 is 50.1 Å². The van der Waals surface area contributed by atoms with E-state index >= 15 is 4.39 Å². The van der Waals surface area contributed by atoms with Crippen LogP contribution in [0.5, 0.6) is 0 Å². The summed E-state index contributed by atoms with van der Waals surface area (Å²) in [6, 6.07) is 0.143. The van der Waals surface area contributed by atoms with Gasteiger partial charge in [0.25, 0.3) is 0 Å². The zero-order valence-corrected chi connectivity index (χ0v) is 26.8. The highest BCUT2D eigenvalue weighted by Gasteiger charge is 2.35. The first-order valence-electron chi connectivity index (χ1n) is 14.3. The standard InChI is InChI=1S/C31H32Cl2F3N7O2/c1-7-19(44)42-15(5)11-41(12-16(42)6)29-17-10-18(34)27(20-21(32)23(35)24(36)25(37)22(20)33)39-30(17)43(31(45)40-29)28-14(4)8-9-38-26(28)13(2)3/h7-10,13,15-16,26,38H,1,11-12,37H2,2-6H3/t15-,16+,26-/m1/s1. The number of pyridine rings is 1. The van der Waals surface area contributed by atoms with Crippen LogP contribution in [0.2, 0.25) is 10.0 Å². The van der Waals surface area contributed by atoms with Crippen LogP contribution in [0.15, 0.2) is 41.4 Å². The summed E-state index contributed by atoms with van der Waals surface area (Å²) in [5, 5.41) is 2.08. The van der Waals surface area contributed by atoms with Crippen molar-refractivity contribution in [1.82, 2.24) is 24.8 Å². The van der Waals surface area contributed by atoms with Crippen LogP contribution in [0.4, 0.5) is 24.7 Å². The fourth-order valence-corrected chi connectivity index (χ4v) is 6.73. The molecule has 238 valence electrons. The number of halogens is 5. The van der Waals surface area contributed by atoms with Gasteiger partial charge in [-0.3, -0.25) is 4.79 Å². The van der Waals surface area contributed by atoms with Crippen molar-refractivity contribution in [1.29, 1.82) is 0 Å². The fourth-order valence-electron chi connectivity index (χ4n) is 6.14. The van der Waals surface area contributed by atoms with Crippen LogP contribution in [0, 0.1) is 23.4 Å². The molecule has 4 heterocycles. The number of amides is 1. The molecule has 1 aromatic carbocycles. The Balaban J connectivity index is 1.85. The average Bonchev–Trinajstić information content (AvgIpc) is 2.99. The zero-order chi connectivity index (χ0) is 33.1. The number of rotatable bonds is 5. The Bertz CT molecular complexity index is 1830. The Morgan fingerprint density at radius 1 is 1.13 bits per heavy atom. The summed E-state index contributed by atoms with van der Waals surface area (Å²) in [4.78, 5) is 39.1. The fraction of sp³-hybridized carbons (Fsp3) is 0.355. The molecule has 2 aromatic heterocycles. The number of nitrogens with one attached hydrogen (secondary N) is 1. The van der Waals surface area contributed by atoms with Gasteiger partial charge >= 0.3 is 5.69 Å². The quantitative estimate of drug-likeness (QED) is 0.155. The second-order valence-corrected chi connectivity index (χ2v) is 12.4. The van der Waals surface area contributed by atoms with Crippen molar-refractivity contribution in [3.05, 3.63) is 74.6 Å². The monoisotopic (exact) mass is 661 g/mol. The van der Waals surface area contributed by atoms with Crippen LogP contribution in [-0.4, -0.2) is 56.6 Å². The van der Waals surface area contributed by atoms with Crippen LogP contribution in [0.1, 0.15) is 34.6 Å². The number of piperazine rings is 1. The predicted molar refractivity (Wildman–Crippen MR) is 172 cm³/mol. The lowest BCUT2D eigenvalue weighted by Crippen LogP contribution is -2.58. The lowest BCUT2D eigenvalue weighted by atomic mass is 9.95. The second kappa shape index (κ2) is 12.1. The Hall–Kier alpha value is -4.03. The number of aromatic nitrogens is 3. The van der Waals surface area contributed by atoms with E-state index in [0.717, 1.165) is 11.6 Å². The maximum atomic E-state index is 16.1. The molecule has 3 atom stereocenters. The van der Waals surface area contributed by atoms with Gasteiger partial charge in [0.1, 0.15) is 17.3 Å². The SMILES string of the molecule is C=CC(=O)N1[C@H](C)CN(c2nc(=O)n(C3=C(C)C=CN[C@@H]3C(C)C)c3nc(-c4c(Cl)c(N)c(F)c(F)c4Cl)c(F)cc23)C[C@@H]1C. The second-order valence-electron chi connectivity index (χ2n) is 11.6. The number of allylic oxidation sites excluding steroid dienone is 2. The van der Waals surface area contributed by atoms with Gasteiger partial charge in [0, 0.05) is 30.7 Å². The van der Waals surface area contributed by atoms with Crippen molar-refractivity contribution in [2.75, 3.05) is 23.7 Å². The molecular weight excluding hydrogens is 630 g/mol. The minimum absolute atomic E-state index is 0.00602. The van der Waals surface area contributed by atoms with Gasteiger partial charge in [0.2, 0.25) is 5.91 Å². The van der Waals surface area contributed by atoms with E-state index in [1.54, 1.807) is 22.1 Å². The summed E-state index contributed by atoms with van der Waals surface area (Å²) in [5.74, 6) is -4.07. The Morgan fingerprint density at radius 3 is 2.38 bits per heavy atom. The van der Waals surface area contributed by atoms with Crippen molar-refractivity contribution in [2.24, 2.45) is 5.92 Å². The Morgan fingerprint density at radius 2 is 1.78 bits per heavy atom. The first kappa shape index (κ1) is 32.4. The molecule has 5 rings (SSSR count). The third-order valence-electron chi connectivity index (χ3n) is 8.20. The van der Waals surface area contributed by atoms with E-state index in [0.29, 0.717) is 5.70 Å². The van der Waals surface area contributed by atoms with Gasteiger partial charge in [-0.2, -0.15) is 4.98 Å². The van der Waals surface area contributed by atoms with Crippen LogP contribution in [0.25, 0.3) is 28.0 Å². The summed E-state index contributed by atoms with van der Waals surface area (Å²) in [7, 11) is 0. The first-order chi connectivity index (χ1) is 21.2. The number of hydrogen-bond acceptors (Lipinski definition) is 7. The molecular formula is C31H32Cl2F3N7O2. The number of dihydropyridines is 1. The summed E-state index contributed by atoms with van der Waals surface area (Å²) < 4.78 is 46.5. The van der Waals surface area contributed by atoms with Crippen LogP contribution >= 0.6 is 23.2 Å². The third-order valence-corrected chi connectivity index (χ3v) is 8.95. The van der Waals surface area contributed by atoms with Gasteiger partial charge in [0.15, 0.2) is 17.3 Å². The molecule has 9 nitrogen and oxygen atoms in total. The number of anilines is 2. The predicted octanol–water partition coefficient (Wildman–Crippen LogP) is 5.75. The number of nitrogens with zero attached hydrogens (tertiary/aromatic N) is 5. The van der Waals surface area contributed by atoms with Gasteiger partial charge in [-0.05, 0) is 56.7 Å². The molecule has 1 fully saturated rings. The van der Waals surface area contributed by atoms with E-state index in [-0.39, 0.29) is 59.9 Å². The van der Waals surface area contributed by atoms with E-state index in [1.165, 1.54) is 10.6 Å². The minimum atomic E-state index is -1.52. The number of nitrogens with two attached hydrogens (primary N) is 1. The number of benzene rings is 1. The molecule has 3 N–H and O–H groups in total. The number of carbonyl (C=O) groups is 1. The molecule has 1 saturated heterocycles. The van der Waals surface area contributed by atoms with Crippen molar-refractivity contribution in [2.45, 2.75) is 52.7 Å². The van der Waals surface area contributed by atoms with E-state index in [2.05, 4.69) is 21.9 Å². The van der Waals surface area contributed by atoms with Gasteiger partial charge in [-0.1, -0.05) is 43.6 Å². The molecule has 0 unspecified atom stereocenters. The normalized spacial score (nSPS) is 20.3. The highest BCUT2D eigenvalue weighted by Crippen LogP contribution is 2.43. The highest BCUT2D eigenvalue weighted by molar-refractivity contribution is 6.41. The van der Waals surface area contributed by atoms with Gasteiger partial charge in [0.05, 0.1) is 32.9 Å². The Labute approximate surface area is 267 Å². The van der Waals surface area contributed by atoms with E-state index in [9.17, 15) is 18.4 Å². The van der Waals surface area contributed by atoms with Crippen LogP contribution in [0.3, 0.4) is 0 Å². The number of fused-ring (bicyclic) bond motifs is 1. The third kappa shape index (κ3) is 5.33. The lowest BCUT2D eigenvalue weighted by molar-refractivity contribution is -0.130. The molecule has 2 aliphatic heterocycles. The summed E-state index contributed by atoms with van der Waals surface area (Å²) >= 11 is 12.5. The minimum Gasteiger partial charge on any atom is -0.395 e. The molecule has 0 saturated carbocycles.